The number of pyridine rings is 1. The van der Waals surface area contributed by atoms with Gasteiger partial charge in [-0.25, -0.2) is 0 Å². The van der Waals surface area contributed by atoms with E-state index in [9.17, 15) is 15.2 Å². The van der Waals surface area contributed by atoms with Crippen molar-refractivity contribution in [3.05, 3.63) is 28.6 Å². The lowest BCUT2D eigenvalue weighted by atomic mass is 9.94. The Morgan fingerprint density at radius 3 is 2.89 bits per heavy atom. The summed E-state index contributed by atoms with van der Waals surface area (Å²) in [7, 11) is 1.73. The number of ether oxygens (including phenoxy) is 1. The molecule has 7 heteroatoms. The minimum atomic E-state index is -0.857. The molecule has 0 saturated carbocycles. The van der Waals surface area contributed by atoms with Gasteiger partial charge in [-0.05, 0) is 6.07 Å². The Kier molecular flexibility index (Phi) is 3.96. The van der Waals surface area contributed by atoms with Crippen LogP contribution in [0.5, 0.6) is 0 Å². The first-order chi connectivity index (χ1) is 9.02. The lowest BCUT2D eigenvalue weighted by Gasteiger charge is -2.35. The molecular weight excluding hydrogens is 250 g/mol. The third-order valence-corrected chi connectivity index (χ3v) is 3.34. The molecule has 1 saturated heterocycles. The second-order valence-corrected chi connectivity index (χ2v) is 4.81. The fourth-order valence-electron chi connectivity index (χ4n) is 2.28. The molecule has 2 heterocycles. The maximum atomic E-state index is 11.0. The topological polar surface area (TPSA) is 88.7 Å². The van der Waals surface area contributed by atoms with Crippen LogP contribution in [0.4, 0.5) is 11.4 Å². The predicted molar refractivity (Wildman–Crippen MR) is 69.2 cm³/mol. The summed E-state index contributed by atoms with van der Waals surface area (Å²) in [5.74, 6) is 0. The Hall–Kier alpha value is -1.73. The molecule has 0 amide bonds. The van der Waals surface area contributed by atoms with Crippen LogP contribution in [0.2, 0.25) is 0 Å². The van der Waals surface area contributed by atoms with Crippen molar-refractivity contribution in [1.82, 2.24) is 4.98 Å². The molecule has 0 aliphatic carbocycles. The number of hydrogen-bond acceptors (Lipinski definition) is 6. The third-order valence-electron chi connectivity index (χ3n) is 3.34. The van der Waals surface area contributed by atoms with Crippen molar-refractivity contribution in [3.63, 3.8) is 0 Å². The van der Waals surface area contributed by atoms with Gasteiger partial charge in [0.1, 0.15) is 11.9 Å². The molecule has 2 rings (SSSR count). The molecule has 1 N–H and O–H groups in total. The summed E-state index contributed by atoms with van der Waals surface area (Å²) in [4.78, 5) is 16.0. The summed E-state index contributed by atoms with van der Waals surface area (Å²) in [6, 6.07) is 1.58. The summed E-state index contributed by atoms with van der Waals surface area (Å²) in [6.45, 7) is 1.37. The van der Waals surface area contributed by atoms with E-state index in [4.69, 9.17) is 4.74 Å². The van der Waals surface area contributed by atoms with E-state index in [-0.39, 0.29) is 5.69 Å². The van der Waals surface area contributed by atoms with Gasteiger partial charge >= 0.3 is 5.69 Å². The van der Waals surface area contributed by atoms with Crippen molar-refractivity contribution >= 4 is 11.4 Å². The van der Waals surface area contributed by atoms with Crippen molar-refractivity contribution in [2.75, 3.05) is 31.7 Å². The van der Waals surface area contributed by atoms with E-state index in [1.165, 1.54) is 12.4 Å². The van der Waals surface area contributed by atoms with E-state index in [1.54, 1.807) is 18.0 Å². The number of aliphatic hydroxyl groups is 1. The summed E-state index contributed by atoms with van der Waals surface area (Å²) >= 11 is 0. The average molecular weight is 267 g/mol. The van der Waals surface area contributed by atoms with Gasteiger partial charge in [0.05, 0.1) is 10.5 Å². The van der Waals surface area contributed by atoms with E-state index in [0.29, 0.717) is 38.3 Å². The highest BCUT2D eigenvalue weighted by atomic mass is 16.6. The molecule has 0 unspecified atom stereocenters. The van der Waals surface area contributed by atoms with Gasteiger partial charge in [0.15, 0.2) is 0 Å². The first-order valence-electron chi connectivity index (χ1n) is 6.11. The van der Waals surface area contributed by atoms with Crippen LogP contribution < -0.4 is 4.90 Å². The van der Waals surface area contributed by atoms with Crippen LogP contribution in [0.1, 0.15) is 12.8 Å². The highest BCUT2D eigenvalue weighted by molar-refractivity contribution is 5.61. The van der Waals surface area contributed by atoms with Crippen LogP contribution in [-0.2, 0) is 4.74 Å². The second kappa shape index (κ2) is 5.50. The fraction of sp³-hybridized carbons (Fsp3) is 0.583. The number of nitrogens with zero attached hydrogens (tertiary/aromatic N) is 3. The van der Waals surface area contributed by atoms with E-state index >= 15 is 0 Å². The minimum Gasteiger partial charge on any atom is -0.388 e. The molecular formula is C12H17N3O4. The monoisotopic (exact) mass is 267 g/mol. The number of likely N-dealkylation sites (N-methyl/N-ethyl adjacent to an activating group) is 1. The molecule has 104 valence electrons. The Morgan fingerprint density at radius 1 is 1.58 bits per heavy atom. The maximum Gasteiger partial charge on any atom is 0.310 e. The molecule has 0 atom stereocenters. The van der Waals surface area contributed by atoms with Crippen LogP contribution in [-0.4, -0.2) is 47.4 Å². The molecule has 1 aliphatic rings. The van der Waals surface area contributed by atoms with Crippen LogP contribution in [0.3, 0.4) is 0 Å². The first-order valence-corrected chi connectivity index (χ1v) is 6.11. The quantitative estimate of drug-likeness (QED) is 0.646. The average Bonchev–Trinajstić information content (AvgIpc) is 2.39. The number of anilines is 1. The van der Waals surface area contributed by atoms with Gasteiger partial charge in [0, 0.05) is 45.8 Å². The van der Waals surface area contributed by atoms with Crippen LogP contribution in [0.25, 0.3) is 0 Å². The van der Waals surface area contributed by atoms with Gasteiger partial charge in [-0.15, -0.1) is 0 Å². The van der Waals surface area contributed by atoms with Gasteiger partial charge in [-0.1, -0.05) is 0 Å². The molecule has 1 fully saturated rings. The predicted octanol–water partition coefficient (Wildman–Crippen LogP) is 0.967. The third kappa shape index (κ3) is 3.18. The van der Waals surface area contributed by atoms with Gasteiger partial charge in [-0.2, -0.15) is 0 Å². The molecule has 7 nitrogen and oxygen atoms in total. The standard InChI is InChI=1S/C12H17N3O4/c1-14(9-12(16)3-6-19-7-4-12)10-2-5-13-8-11(10)15(17)18/h2,5,8,16H,3-4,6-7,9H2,1H3. The zero-order chi connectivity index (χ0) is 13.9. The summed E-state index contributed by atoms with van der Waals surface area (Å²) in [6.07, 6.45) is 3.80. The molecule has 0 aromatic carbocycles. The van der Waals surface area contributed by atoms with E-state index in [1.807, 2.05) is 0 Å². The van der Waals surface area contributed by atoms with Crippen molar-refractivity contribution in [2.45, 2.75) is 18.4 Å². The van der Waals surface area contributed by atoms with Crippen LogP contribution in [0.15, 0.2) is 18.5 Å². The second-order valence-electron chi connectivity index (χ2n) is 4.81. The van der Waals surface area contributed by atoms with Gasteiger partial charge in [-0.3, -0.25) is 15.1 Å². The lowest BCUT2D eigenvalue weighted by molar-refractivity contribution is -0.384. The van der Waals surface area contributed by atoms with Crippen molar-refractivity contribution < 1.29 is 14.8 Å². The molecule has 0 radical (unpaired) electrons. The minimum absolute atomic E-state index is 0.0549. The molecule has 0 spiro atoms. The SMILES string of the molecule is CN(CC1(O)CCOCC1)c1ccncc1[N+](=O)[O-]. The number of hydrogen-bond donors (Lipinski definition) is 1. The zero-order valence-electron chi connectivity index (χ0n) is 10.8. The Morgan fingerprint density at radius 2 is 2.26 bits per heavy atom. The largest absolute Gasteiger partial charge is 0.388 e. The molecule has 1 aliphatic heterocycles. The smallest absolute Gasteiger partial charge is 0.310 e. The highest BCUT2D eigenvalue weighted by Gasteiger charge is 2.32. The Labute approximate surface area is 111 Å². The van der Waals surface area contributed by atoms with Gasteiger partial charge in [0.25, 0.3) is 0 Å². The summed E-state index contributed by atoms with van der Waals surface area (Å²) in [5.41, 5.74) is -0.454. The molecule has 1 aromatic rings. The van der Waals surface area contributed by atoms with Crippen molar-refractivity contribution in [2.24, 2.45) is 0 Å². The van der Waals surface area contributed by atoms with E-state index in [2.05, 4.69) is 4.98 Å². The summed E-state index contributed by atoms with van der Waals surface area (Å²) < 4.78 is 5.22. The van der Waals surface area contributed by atoms with Crippen LogP contribution >= 0.6 is 0 Å². The van der Waals surface area contributed by atoms with Gasteiger partial charge < -0.3 is 14.7 Å². The maximum absolute atomic E-state index is 11.0. The molecule has 19 heavy (non-hydrogen) atoms. The van der Waals surface area contributed by atoms with E-state index in [0.717, 1.165) is 0 Å². The summed E-state index contributed by atoms with van der Waals surface area (Å²) in [5, 5.41) is 21.4. The van der Waals surface area contributed by atoms with E-state index < -0.39 is 10.5 Å². The normalized spacial score (nSPS) is 18.0. The van der Waals surface area contributed by atoms with Gasteiger partial charge in [0.2, 0.25) is 0 Å². The first kappa shape index (κ1) is 13.7. The molecule has 0 bridgehead atoms. The van der Waals surface area contributed by atoms with Crippen LogP contribution in [0, 0.1) is 10.1 Å². The van der Waals surface area contributed by atoms with Crippen molar-refractivity contribution in [1.29, 1.82) is 0 Å². The van der Waals surface area contributed by atoms with Crippen molar-refractivity contribution in [3.8, 4) is 0 Å². The Bertz CT molecular complexity index is 460. The number of rotatable bonds is 4. The zero-order valence-corrected chi connectivity index (χ0v) is 10.8. The number of aromatic nitrogens is 1. The highest BCUT2D eigenvalue weighted by Crippen LogP contribution is 2.29. The lowest BCUT2D eigenvalue weighted by Crippen LogP contribution is -2.45. The fourth-order valence-corrected chi connectivity index (χ4v) is 2.28. The number of nitro groups is 1. The Balaban J connectivity index is 2.15. The molecule has 1 aromatic heterocycles.